The predicted molar refractivity (Wildman–Crippen MR) is 313 cm³/mol. The number of hydrogen-bond acceptors (Lipinski definition) is 1. The lowest BCUT2D eigenvalue weighted by atomic mass is 9.39. The smallest absolute Gasteiger partial charge is 0.0645 e. The third kappa shape index (κ3) is 2.09. The molecule has 0 N–H and O–H groups in total. The van der Waals surface area contributed by atoms with E-state index in [2.05, 4.69) is 91.3 Å². The van der Waals surface area contributed by atoms with Crippen molar-refractivity contribution < 1.29 is 0 Å². The van der Waals surface area contributed by atoms with Gasteiger partial charge in [0.05, 0.1) is 4.75 Å². The van der Waals surface area contributed by atoms with Gasteiger partial charge >= 0.3 is 0 Å². The zero-order valence-electron chi connectivity index (χ0n) is 45.5. The number of fused-ring (bicyclic) bond motifs is 1. The van der Waals surface area contributed by atoms with Gasteiger partial charge in [-0.25, -0.2) is 0 Å². The van der Waals surface area contributed by atoms with Crippen LogP contribution in [-0.2, 0) is 26.4 Å². The van der Waals surface area contributed by atoms with E-state index in [-0.39, 0.29) is 26.4 Å². The molecule has 11 aromatic carbocycles. The van der Waals surface area contributed by atoms with E-state index in [4.69, 9.17) is 0 Å². The second-order valence-electron chi connectivity index (χ2n) is 35.9. The summed E-state index contributed by atoms with van der Waals surface area (Å²) in [5.74, 6) is 12.7. The highest BCUT2D eigenvalue weighted by Crippen LogP contribution is 3.01. The van der Waals surface area contributed by atoms with Crippen molar-refractivity contribution in [3.05, 3.63) is 140 Å². The van der Waals surface area contributed by atoms with Crippen LogP contribution >= 0.6 is 11.8 Å². The van der Waals surface area contributed by atoms with Crippen molar-refractivity contribution in [1.29, 1.82) is 0 Å². The molecule has 0 bridgehead atoms. The summed E-state index contributed by atoms with van der Waals surface area (Å²) in [6.07, 6.45) is 0. The van der Waals surface area contributed by atoms with Crippen LogP contribution in [0.1, 0.15) is 302 Å². The van der Waals surface area contributed by atoms with Crippen molar-refractivity contribution in [3.63, 3.8) is 0 Å². The van der Waals surface area contributed by atoms with E-state index in [0.29, 0.717) is 118 Å². The molecule has 366 valence electrons. The van der Waals surface area contributed by atoms with Gasteiger partial charge in [-0.1, -0.05) is 68.4 Å². The molecule has 0 amide bonds. The first-order chi connectivity index (χ1) is 38.3. The molecule has 23 aliphatic rings. The summed E-state index contributed by atoms with van der Waals surface area (Å²) in [6.45, 7) is 23.8. The van der Waals surface area contributed by atoms with E-state index >= 15 is 0 Å². The van der Waals surface area contributed by atoms with Gasteiger partial charge in [-0.15, -0.1) is 11.8 Å². The summed E-state index contributed by atoms with van der Waals surface area (Å²) in [6, 6.07) is 2.96. The normalized spacial score (nSPS) is 44.6. The van der Waals surface area contributed by atoms with Crippen molar-refractivity contribution in [2.45, 2.75) is 200 Å². The molecule has 22 unspecified atom stereocenters. The molecule has 22 aliphatic carbocycles. The number of thioether (sulfide) groups is 1. The highest BCUT2D eigenvalue weighted by molar-refractivity contribution is 8.00. The highest BCUT2D eigenvalue weighted by Gasteiger charge is 2.90. The minimum absolute atomic E-state index is 0.00502. The largest absolute Gasteiger partial charge is 0.112 e. The van der Waals surface area contributed by atoms with E-state index in [1.165, 1.54) is 0 Å². The van der Waals surface area contributed by atoms with Crippen molar-refractivity contribution >= 4 is 97.9 Å². The maximum absolute atomic E-state index is 2.96. The molecular weight excluding hydrogens is 969 g/mol. The predicted octanol–water partition coefficient (Wildman–Crippen LogP) is 18.4. The zero-order chi connectivity index (χ0) is 49.3. The minimum Gasteiger partial charge on any atom is -0.112 e. The molecule has 1 aliphatic heterocycles. The summed E-state index contributed by atoms with van der Waals surface area (Å²) < 4.78 is -0.0284. The molecule has 1 heteroatoms. The molecule has 1 heterocycles. The highest BCUT2D eigenvalue weighted by atomic mass is 32.2. The maximum Gasteiger partial charge on any atom is 0.0645 e. The van der Waals surface area contributed by atoms with Crippen LogP contribution in [0.2, 0.25) is 0 Å². The zero-order valence-corrected chi connectivity index (χ0v) is 46.3. The molecule has 0 radical (unpaired) electrons. The molecule has 0 aromatic heterocycles. The summed E-state index contributed by atoms with van der Waals surface area (Å²) in [5.41, 5.74) is 51.7. The molecular formula is C78H48S. The van der Waals surface area contributed by atoms with E-state index < -0.39 is 0 Å². The van der Waals surface area contributed by atoms with Crippen LogP contribution in [0.25, 0.3) is 97.3 Å². The maximum atomic E-state index is 2.96. The van der Waals surface area contributed by atoms with Crippen LogP contribution in [0, 0.1) is 11.8 Å². The van der Waals surface area contributed by atoms with Crippen LogP contribution in [-0.4, -0.2) is 0 Å². The van der Waals surface area contributed by atoms with E-state index in [1.807, 2.05) is 208 Å². The van der Waals surface area contributed by atoms with Crippen molar-refractivity contribution in [3.8, 4) is 11.1 Å². The molecule has 11 aromatic rings. The van der Waals surface area contributed by atoms with Crippen LogP contribution < -0.4 is 0 Å². The summed E-state index contributed by atoms with van der Waals surface area (Å²) in [5, 5.41) is 30.8. The fourth-order valence-corrected chi connectivity index (χ4v) is 36.4. The van der Waals surface area contributed by atoms with E-state index in [9.17, 15) is 0 Å². The Hall–Kier alpha value is -5.37. The fourth-order valence-electron chi connectivity index (χ4n) is 33.9. The third-order valence-corrected chi connectivity index (χ3v) is 34.6. The molecule has 79 heavy (non-hydrogen) atoms. The summed E-state index contributed by atoms with van der Waals surface area (Å²) in [7, 11) is 0. The SMILES string of the molecule is CC(C)(C)c1cc(C(C)(C)C)c2c(c1C(C)(C)C)SC13c4c5c6c7c8c9c%10c%11c%12c%13c%14c%15c(c%16c%13c%10c7c4-%16)C21C1C%15C2c4c7c%10c%13c%15c%16c%17c%18c%19c%20c%21c%22c%23c(c4c4c%22c%19c%16c%104)C2C%14C%12C%23C%21C%11C9C%20C%18C8C6C%17C%15C5C3C%13C71. The average Bonchev–Trinajstić information content (AvgIpc) is 1.42. The molecule has 1 fully saturated rings. The van der Waals surface area contributed by atoms with Gasteiger partial charge in [0.25, 0.3) is 0 Å². The Morgan fingerprint density at radius 1 is 0.278 bits per heavy atom. The Kier molecular flexibility index (Phi) is 3.53. The van der Waals surface area contributed by atoms with Gasteiger partial charge in [-0.05, 0) is 365 Å². The first kappa shape index (κ1) is 34.8. The molecule has 0 nitrogen and oxygen atoms in total. The van der Waals surface area contributed by atoms with Crippen LogP contribution in [0.15, 0.2) is 11.0 Å². The fraction of sp³-hybridized carbons (Fsp3) is 0.436. The molecule has 0 saturated heterocycles. The number of rotatable bonds is 0. The van der Waals surface area contributed by atoms with Crippen molar-refractivity contribution in [2.24, 2.45) is 11.8 Å². The molecule has 2 spiro atoms. The Morgan fingerprint density at radius 3 is 0.962 bits per heavy atom. The second kappa shape index (κ2) is 8.01. The monoisotopic (exact) mass is 1020 g/mol. The summed E-state index contributed by atoms with van der Waals surface area (Å²) in [4.78, 5) is 1.83. The first-order valence-electron chi connectivity index (χ1n) is 32.4. The van der Waals surface area contributed by atoms with Gasteiger partial charge < -0.3 is 0 Å². The lowest BCUT2D eigenvalue weighted by molar-refractivity contribution is 0.0333. The van der Waals surface area contributed by atoms with Gasteiger partial charge in [0.15, 0.2) is 0 Å². The Balaban J connectivity index is 0.972. The topological polar surface area (TPSA) is 0 Å². The van der Waals surface area contributed by atoms with E-state index in [1.54, 1.807) is 16.7 Å². The second-order valence-corrected chi connectivity index (χ2v) is 37.2. The van der Waals surface area contributed by atoms with Gasteiger partial charge in [0.1, 0.15) is 0 Å². The molecule has 34 rings (SSSR count). The standard InChI is InChI=1S/C78H48S/c1-74(2,3)11-10-12(75(4,5)6)68-73(67(11)76(7,8)9)79-78-71-63-57-47-35-27-19-15-13-14-17-21(19)29(35)39-33-25(17)26-18(14)22-20-16(13)24-23(15)31-37(27)45-51-41(31)42-32(24)38-28(20)36-30(22)40-34(26)44-43(33)55(49(39)57)65(71)66-56(44)50(40)58-48(36)54-46(38)52(42)60-59(51)69(61(63)53(45)47)77(68,78)70(60)62(54)64(58)72(66)78/h10,15,17,19,21,23,25,31,33,41-44,52,56,60,62,64,66,70,72H,1-9H3. The Labute approximate surface area is 457 Å². The van der Waals surface area contributed by atoms with Gasteiger partial charge in [-0.3, -0.25) is 0 Å². The van der Waals surface area contributed by atoms with Gasteiger partial charge in [-0.2, -0.15) is 0 Å². The van der Waals surface area contributed by atoms with Gasteiger partial charge in [0, 0.05) is 10.3 Å². The first-order valence-corrected chi connectivity index (χ1v) is 33.2. The van der Waals surface area contributed by atoms with E-state index in [0.717, 1.165) is 0 Å². The van der Waals surface area contributed by atoms with Crippen LogP contribution in [0.3, 0.4) is 0 Å². The van der Waals surface area contributed by atoms with Crippen molar-refractivity contribution in [2.75, 3.05) is 0 Å². The Bertz CT molecular complexity index is 5870. The van der Waals surface area contributed by atoms with Crippen molar-refractivity contribution in [1.82, 2.24) is 0 Å². The average molecular weight is 1020 g/mol. The quantitative estimate of drug-likeness (QED) is 0.136. The molecule has 22 atom stereocenters. The lowest BCUT2D eigenvalue weighted by Gasteiger charge is -2.65. The minimum atomic E-state index is -0.0699. The molecule has 1 saturated carbocycles. The summed E-state index contributed by atoms with van der Waals surface area (Å²) >= 11 is 2.67. The number of hydrogen-bond donors (Lipinski definition) is 0. The Morgan fingerprint density at radius 2 is 0.570 bits per heavy atom. The van der Waals surface area contributed by atoms with Gasteiger partial charge in [0.2, 0.25) is 0 Å². The van der Waals surface area contributed by atoms with Crippen LogP contribution in [0.4, 0.5) is 0 Å². The van der Waals surface area contributed by atoms with Crippen LogP contribution in [0.5, 0.6) is 0 Å². The number of benzene rings is 10. The lowest BCUT2D eigenvalue weighted by Crippen LogP contribution is -2.62. The third-order valence-electron chi connectivity index (χ3n) is 32.8.